The van der Waals surface area contributed by atoms with E-state index in [2.05, 4.69) is 24.5 Å². The molecule has 2 amide bonds. The van der Waals surface area contributed by atoms with Crippen LogP contribution in [0.15, 0.2) is 54.6 Å². The van der Waals surface area contributed by atoms with Gasteiger partial charge in [-0.05, 0) is 55.9 Å². The number of nitrogens with one attached hydrogen (secondary N) is 2. The Labute approximate surface area is 222 Å². The van der Waals surface area contributed by atoms with Crippen LogP contribution < -0.4 is 10.6 Å². The van der Waals surface area contributed by atoms with Gasteiger partial charge in [-0.3, -0.25) is 9.59 Å². The van der Waals surface area contributed by atoms with Gasteiger partial charge in [-0.15, -0.1) is 0 Å². The lowest BCUT2D eigenvalue weighted by molar-refractivity contribution is 0.0755. The van der Waals surface area contributed by atoms with Crippen molar-refractivity contribution in [3.63, 3.8) is 0 Å². The fraction of sp³-hybridized carbons (Fsp3) is 0.548. The van der Waals surface area contributed by atoms with E-state index in [0.29, 0.717) is 43.2 Å². The predicted molar refractivity (Wildman–Crippen MR) is 150 cm³/mol. The molecule has 0 bridgehead atoms. The summed E-state index contributed by atoms with van der Waals surface area (Å²) < 4.78 is 0. The Bertz CT molecular complexity index is 951. The molecule has 0 saturated heterocycles. The number of rotatable bonds is 13. The van der Waals surface area contributed by atoms with Gasteiger partial charge in [0.1, 0.15) is 0 Å². The molecule has 1 fully saturated rings. The third kappa shape index (κ3) is 9.28. The molecule has 2 atom stereocenters. The number of carbonyl (C=O) groups is 2. The number of benzene rings is 2. The molecule has 2 aromatic carbocycles. The summed E-state index contributed by atoms with van der Waals surface area (Å²) in [5.74, 6) is -0.326. The summed E-state index contributed by atoms with van der Waals surface area (Å²) in [6.45, 7) is 5.94. The normalized spacial score (nSPS) is 16.0. The Morgan fingerprint density at radius 1 is 0.919 bits per heavy atom. The van der Waals surface area contributed by atoms with Crippen LogP contribution in [0.2, 0.25) is 0 Å². The first-order valence-corrected chi connectivity index (χ1v) is 14.2. The molecule has 0 radical (unpaired) electrons. The molecular formula is C31H45N3O3. The van der Waals surface area contributed by atoms with E-state index in [-0.39, 0.29) is 11.8 Å². The van der Waals surface area contributed by atoms with Gasteiger partial charge in [0.25, 0.3) is 11.8 Å². The smallest absolute Gasteiger partial charge is 0.253 e. The van der Waals surface area contributed by atoms with Crippen LogP contribution in [0.5, 0.6) is 0 Å². The molecule has 202 valence electrons. The maximum absolute atomic E-state index is 13.3. The lowest BCUT2D eigenvalue weighted by Crippen LogP contribution is -2.50. The maximum Gasteiger partial charge on any atom is 0.253 e. The van der Waals surface area contributed by atoms with Gasteiger partial charge < -0.3 is 20.6 Å². The predicted octanol–water partition coefficient (Wildman–Crippen LogP) is 4.96. The molecule has 1 aliphatic carbocycles. The Hall–Kier alpha value is -2.70. The number of aliphatic hydroxyl groups is 1. The highest BCUT2D eigenvalue weighted by Gasteiger charge is 2.24. The summed E-state index contributed by atoms with van der Waals surface area (Å²) in [5, 5.41) is 17.8. The molecule has 2 aromatic rings. The van der Waals surface area contributed by atoms with E-state index in [1.165, 1.54) is 25.7 Å². The number of amides is 2. The second-order valence-electron chi connectivity index (χ2n) is 10.3. The molecule has 3 N–H and O–H groups in total. The zero-order valence-electron chi connectivity index (χ0n) is 22.6. The first-order valence-electron chi connectivity index (χ1n) is 14.2. The van der Waals surface area contributed by atoms with Crippen LogP contribution in [0.3, 0.4) is 0 Å². The monoisotopic (exact) mass is 507 g/mol. The SMILES string of the molecule is CCCN(CCC)C(=O)c1cccc(C(=O)N[C@@H](Cc2ccccc2)[C@H](O)CNC2CCCCCC2)c1. The highest BCUT2D eigenvalue weighted by atomic mass is 16.3. The second kappa shape index (κ2) is 15.5. The van der Waals surface area contributed by atoms with Crippen molar-refractivity contribution in [2.45, 2.75) is 89.8 Å². The highest BCUT2D eigenvalue weighted by molar-refractivity contribution is 5.99. The Balaban J connectivity index is 1.71. The minimum absolute atomic E-state index is 0.0492. The quantitative estimate of drug-likeness (QED) is 0.335. The molecule has 3 rings (SSSR count). The third-order valence-electron chi connectivity index (χ3n) is 7.20. The van der Waals surface area contributed by atoms with Crippen LogP contribution in [-0.2, 0) is 6.42 Å². The maximum atomic E-state index is 13.3. The van der Waals surface area contributed by atoms with Crippen LogP contribution >= 0.6 is 0 Å². The fourth-order valence-corrected chi connectivity index (χ4v) is 5.15. The first-order chi connectivity index (χ1) is 18.0. The van der Waals surface area contributed by atoms with Gasteiger partial charge >= 0.3 is 0 Å². The number of hydrogen-bond donors (Lipinski definition) is 3. The van der Waals surface area contributed by atoms with Crippen molar-refractivity contribution in [1.82, 2.24) is 15.5 Å². The summed E-state index contributed by atoms with van der Waals surface area (Å²) in [4.78, 5) is 28.3. The number of nitrogens with zero attached hydrogens (tertiary/aromatic N) is 1. The molecule has 0 heterocycles. The molecule has 1 saturated carbocycles. The van der Waals surface area contributed by atoms with E-state index in [0.717, 1.165) is 31.2 Å². The van der Waals surface area contributed by atoms with E-state index in [4.69, 9.17) is 0 Å². The zero-order chi connectivity index (χ0) is 26.5. The lowest BCUT2D eigenvalue weighted by Gasteiger charge is -2.27. The summed E-state index contributed by atoms with van der Waals surface area (Å²) in [6, 6.07) is 16.8. The van der Waals surface area contributed by atoms with Crippen molar-refractivity contribution in [2.75, 3.05) is 19.6 Å². The van der Waals surface area contributed by atoms with E-state index in [1.54, 1.807) is 24.3 Å². The van der Waals surface area contributed by atoms with Gasteiger partial charge in [-0.1, -0.05) is 75.9 Å². The standard InChI is InChI=1S/C31H45N3O3/c1-3-19-34(20-4-2)31(37)26-16-12-15-25(22-26)30(36)33-28(21-24-13-8-7-9-14-24)29(35)23-32-27-17-10-5-6-11-18-27/h7-9,12-16,22,27-29,32,35H,3-6,10-11,17-21,23H2,1-2H3,(H,33,36)/t28-,29+/m0/s1. The van der Waals surface area contributed by atoms with Crippen LogP contribution in [0, 0.1) is 0 Å². The molecule has 6 heteroatoms. The van der Waals surface area contributed by atoms with Crippen molar-refractivity contribution >= 4 is 11.8 Å². The number of hydrogen-bond acceptors (Lipinski definition) is 4. The van der Waals surface area contributed by atoms with E-state index >= 15 is 0 Å². The van der Waals surface area contributed by atoms with Crippen molar-refractivity contribution in [1.29, 1.82) is 0 Å². The highest BCUT2D eigenvalue weighted by Crippen LogP contribution is 2.18. The van der Waals surface area contributed by atoms with Gasteiger partial charge in [0.2, 0.25) is 0 Å². The van der Waals surface area contributed by atoms with Crippen LogP contribution in [0.25, 0.3) is 0 Å². The molecule has 1 aliphatic rings. The molecule has 0 aliphatic heterocycles. The van der Waals surface area contributed by atoms with Gasteiger partial charge in [0.05, 0.1) is 12.1 Å². The summed E-state index contributed by atoms with van der Waals surface area (Å²) >= 11 is 0. The summed E-state index contributed by atoms with van der Waals surface area (Å²) in [6.07, 6.45) is 8.85. The van der Waals surface area contributed by atoms with E-state index in [9.17, 15) is 14.7 Å². The van der Waals surface area contributed by atoms with Crippen LogP contribution in [0.4, 0.5) is 0 Å². The summed E-state index contributed by atoms with van der Waals surface area (Å²) in [5.41, 5.74) is 2.01. The first kappa shape index (κ1) is 28.9. The van der Waals surface area contributed by atoms with Gasteiger partial charge in [0.15, 0.2) is 0 Å². The van der Waals surface area contributed by atoms with E-state index in [1.807, 2.05) is 35.2 Å². The average Bonchev–Trinajstić information content (AvgIpc) is 3.20. The minimum atomic E-state index is -0.734. The van der Waals surface area contributed by atoms with Crippen LogP contribution in [0.1, 0.15) is 91.5 Å². The van der Waals surface area contributed by atoms with Crippen molar-refractivity contribution in [3.05, 3.63) is 71.3 Å². The molecule has 6 nitrogen and oxygen atoms in total. The molecule has 0 unspecified atom stereocenters. The molecular weight excluding hydrogens is 462 g/mol. The third-order valence-corrected chi connectivity index (χ3v) is 7.20. The van der Waals surface area contributed by atoms with Gasteiger partial charge in [-0.2, -0.15) is 0 Å². The van der Waals surface area contributed by atoms with Gasteiger partial charge in [0, 0.05) is 36.8 Å². The Morgan fingerprint density at radius 3 is 2.22 bits per heavy atom. The number of aliphatic hydroxyl groups excluding tert-OH is 1. The Morgan fingerprint density at radius 2 is 1.57 bits per heavy atom. The topological polar surface area (TPSA) is 81.7 Å². The largest absolute Gasteiger partial charge is 0.390 e. The van der Waals surface area contributed by atoms with Gasteiger partial charge in [-0.25, -0.2) is 0 Å². The van der Waals surface area contributed by atoms with Crippen LogP contribution in [-0.4, -0.2) is 59.6 Å². The lowest BCUT2D eigenvalue weighted by atomic mass is 9.99. The summed E-state index contributed by atoms with van der Waals surface area (Å²) in [7, 11) is 0. The van der Waals surface area contributed by atoms with E-state index < -0.39 is 12.1 Å². The van der Waals surface area contributed by atoms with Crippen molar-refractivity contribution < 1.29 is 14.7 Å². The average molecular weight is 508 g/mol. The molecule has 37 heavy (non-hydrogen) atoms. The minimum Gasteiger partial charge on any atom is -0.390 e. The molecule has 0 spiro atoms. The second-order valence-corrected chi connectivity index (χ2v) is 10.3. The Kier molecular flexibility index (Phi) is 12.1. The van der Waals surface area contributed by atoms with Crippen molar-refractivity contribution in [2.24, 2.45) is 0 Å². The molecule has 0 aromatic heterocycles. The fourth-order valence-electron chi connectivity index (χ4n) is 5.15. The number of carbonyl (C=O) groups excluding carboxylic acids is 2. The van der Waals surface area contributed by atoms with Crippen molar-refractivity contribution in [3.8, 4) is 0 Å². The zero-order valence-corrected chi connectivity index (χ0v) is 22.6.